The van der Waals surface area contributed by atoms with E-state index in [1.165, 1.54) is 0 Å². The van der Waals surface area contributed by atoms with Crippen LogP contribution in [0.15, 0.2) is 12.2 Å². The fraction of sp³-hybridized carbons (Fsp3) is 0.250. The van der Waals surface area contributed by atoms with Gasteiger partial charge in [-0.1, -0.05) is 27.7 Å². The van der Waals surface area contributed by atoms with Crippen LogP contribution in [0.5, 0.6) is 0 Å². The molecule has 0 aromatic heterocycles. The van der Waals surface area contributed by atoms with Gasteiger partial charge in [0.25, 0.3) is 0 Å². The molecule has 0 amide bonds. The summed E-state index contributed by atoms with van der Waals surface area (Å²) < 4.78 is 0.954. The number of rotatable bonds is 0. The maximum absolute atomic E-state index is 4.95. The fourth-order valence-corrected chi connectivity index (χ4v) is 1.78. The molecule has 0 saturated carbocycles. The monoisotopic (exact) mass is 148 g/mol. The van der Waals surface area contributed by atoms with Crippen LogP contribution in [0.2, 0.25) is 0 Å². The summed E-state index contributed by atoms with van der Waals surface area (Å²) in [5.74, 6) is 0.994. The maximum Gasteiger partial charge on any atom is 0.0749 e. The predicted octanol–water partition coefficient (Wildman–Crippen LogP) is 0.964. The molecule has 0 radical (unpaired) electrons. The second-order valence-electron chi connectivity index (χ2n) is 1.23. The van der Waals surface area contributed by atoms with Crippen molar-refractivity contribution in [2.75, 3.05) is 5.75 Å². The topological polar surface area (TPSA) is 0 Å². The highest BCUT2D eigenvalue weighted by Gasteiger charge is 2.01. The van der Waals surface area contributed by atoms with Crippen LogP contribution in [0, 0.1) is 0 Å². The van der Waals surface area contributed by atoms with Gasteiger partial charge < -0.3 is 0 Å². The lowest BCUT2D eigenvalue weighted by Crippen LogP contribution is -1.92. The van der Waals surface area contributed by atoms with Gasteiger partial charge in [0.1, 0.15) is 0 Å². The molecule has 1 aliphatic heterocycles. The number of hydrogen-bond acceptors (Lipinski definition) is 2. The van der Waals surface area contributed by atoms with Crippen LogP contribution in [0.1, 0.15) is 0 Å². The third kappa shape index (κ3) is 1.15. The van der Waals surface area contributed by atoms with Gasteiger partial charge in [-0.25, -0.2) is 0 Å². The molecule has 0 fully saturated rings. The van der Waals surface area contributed by atoms with Crippen molar-refractivity contribution in [2.45, 2.75) is 0 Å². The molecule has 0 N–H and O–H groups in total. The molecule has 0 spiro atoms. The molecule has 0 saturated heterocycles. The highest BCUT2D eigenvalue weighted by atomic mass is 32.8. The number of thiocarbonyl (C=S) groups is 1. The van der Waals surface area contributed by atoms with Crippen LogP contribution >= 0.6 is 12.2 Å². The van der Waals surface area contributed by atoms with E-state index in [9.17, 15) is 0 Å². The minimum Gasteiger partial charge on any atom is -0.0753 e. The molecule has 1 unspecified atom stereocenters. The lowest BCUT2D eigenvalue weighted by Gasteiger charge is -1.85. The third-order valence-corrected chi connectivity index (χ3v) is 3.81. The van der Waals surface area contributed by atoms with Crippen molar-refractivity contribution in [2.24, 2.45) is 0 Å². The summed E-state index contributed by atoms with van der Waals surface area (Å²) >= 11 is 9.81. The molecule has 1 aliphatic rings. The van der Waals surface area contributed by atoms with E-state index >= 15 is 0 Å². The quantitative estimate of drug-likeness (QED) is 0.469. The van der Waals surface area contributed by atoms with Gasteiger partial charge in [-0.05, 0) is 17.3 Å². The largest absolute Gasteiger partial charge is 0.0753 e. The van der Waals surface area contributed by atoms with Gasteiger partial charge in [0.15, 0.2) is 0 Å². The van der Waals surface area contributed by atoms with Crippen LogP contribution in [-0.4, -0.2) is 9.95 Å². The molecule has 1 heterocycles. The second-order valence-corrected chi connectivity index (χ2v) is 4.60. The van der Waals surface area contributed by atoms with Crippen LogP contribution in [-0.2, 0) is 20.6 Å². The minimum absolute atomic E-state index is 0.0139. The molecule has 7 heavy (non-hydrogen) atoms. The third-order valence-electron chi connectivity index (χ3n) is 0.726. The fourth-order valence-electron chi connectivity index (χ4n) is 0.390. The Bertz CT molecular complexity index is 145. The molecule has 0 nitrogen and oxygen atoms in total. The Morgan fingerprint density at radius 3 is 2.57 bits per heavy atom. The summed E-state index contributed by atoms with van der Waals surface area (Å²) in [6.45, 7) is 0. The van der Waals surface area contributed by atoms with E-state index in [1.807, 2.05) is 12.2 Å². The van der Waals surface area contributed by atoms with Crippen molar-refractivity contribution in [1.82, 2.24) is 0 Å². The molecule has 1 rings (SSSR count). The van der Waals surface area contributed by atoms with Crippen LogP contribution in [0.4, 0.5) is 0 Å². The van der Waals surface area contributed by atoms with Crippen LogP contribution in [0.25, 0.3) is 0 Å². The van der Waals surface area contributed by atoms with Crippen molar-refractivity contribution in [3.63, 3.8) is 0 Å². The van der Waals surface area contributed by atoms with Crippen LogP contribution in [0.3, 0.4) is 0 Å². The average Bonchev–Trinajstić information content (AvgIpc) is 1.91. The molecular formula is C4H4S3. The van der Waals surface area contributed by atoms with Gasteiger partial charge in [0, 0.05) is 5.75 Å². The first kappa shape index (κ1) is 5.54. The summed E-state index contributed by atoms with van der Waals surface area (Å²) in [4.78, 5) is 0. The standard InChI is InChI=1S/C4H4S3/c5-4-2-1-3-7(4)6/h1-2H,3H2. The van der Waals surface area contributed by atoms with Gasteiger partial charge in [0.2, 0.25) is 0 Å². The summed E-state index contributed by atoms with van der Waals surface area (Å²) in [6, 6.07) is 0. The molecular weight excluding hydrogens is 144 g/mol. The van der Waals surface area contributed by atoms with Gasteiger partial charge in [0.05, 0.1) is 4.20 Å². The van der Waals surface area contributed by atoms with Crippen molar-refractivity contribution in [3.8, 4) is 0 Å². The van der Waals surface area contributed by atoms with E-state index in [-0.39, 0.29) is 9.45 Å². The zero-order valence-corrected chi connectivity index (χ0v) is 6.04. The van der Waals surface area contributed by atoms with E-state index in [4.69, 9.17) is 23.4 Å². The minimum atomic E-state index is -0.0139. The Morgan fingerprint density at radius 1 is 1.71 bits per heavy atom. The Hall–Kier alpha value is 0.400. The molecule has 3 heteroatoms. The summed E-state index contributed by atoms with van der Waals surface area (Å²) in [7, 11) is -0.0139. The second kappa shape index (κ2) is 2.11. The van der Waals surface area contributed by atoms with E-state index in [0.717, 1.165) is 9.95 Å². The van der Waals surface area contributed by atoms with Gasteiger partial charge in [-0.2, -0.15) is 0 Å². The Kier molecular flexibility index (Phi) is 1.67. The highest BCUT2D eigenvalue weighted by Crippen LogP contribution is 1.99. The van der Waals surface area contributed by atoms with Gasteiger partial charge in [-0.3, -0.25) is 0 Å². The highest BCUT2D eigenvalue weighted by molar-refractivity contribution is 8.42. The maximum atomic E-state index is 4.95. The van der Waals surface area contributed by atoms with Crippen molar-refractivity contribution < 1.29 is 0 Å². The normalized spacial score (nSPS) is 29.1. The van der Waals surface area contributed by atoms with E-state index in [0.29, 0.717) is 0 Å². The van der Waals surface area contributed by atoms with E-state index in [2.05, 4.69) is 0 Å². The Morgan fingerprint density at radius 2 is 2.43 bits per heavy atom. The van der Waals surface area contributed by atoms with Gasteiger partial charge >= 0.3 is 0 Å². The van der Waals surface area contributed by atoms with E-state index < -0.39 is 0 Å². The molecule has 38 valence electrons. The Labute approximate surface area is 55.2 Å². The van der Waals surface area contributed by atoms with E-state index in [1.54, 1.807) is 0 Å². The van der Waals surface area contributed by atoms with Crippen molar-refractivity contribution in [3.05, 3.63) is 12.2 Å². The average molecular weight is 148 g/mol. The molecule has 0 aromatic carbocycles. The number of hydrogen-bond donors (Lipinski definition) is 0. The lowest BCUT2D eigenvalue weighted by molar-refractivity contribution is 1.84. The molecule has 0 aliphatic carbocycles. The first-order valence-corrected chi connectivity index (χ1v) is 4.62. The lowest BCUT2D eigenvalue weighted by atomic mass is 10.6. The van der Waals surface area contributed by atoms with Gasteiger partial charge in [-0.15, -0.1) is 0 Å². The summed E-state index contributed by atoms with van der Waals surface area (Å²) in [5.41, 5.74) is 0. The Balaban J connectivity index is 2.81. The molecule has 0 aromatic rings. The zero-order chi connectivity index (χ0) is 5.28. The van der Waals surface area contributed by atoms with Crippen molar-refractivity contribution >= 4 is 37.1 Å². The zero-order valence-electron chi connectivity index (χ0n) is 3.59. The molecule has 1 atom stereocenters. The SMILES string of the molecule is S=C1C=CCS1=S. The van der Waals surface area contributed by atoms with Crippen molar-refractivity contribution in [1.29, 1.82) is 0 Å². The summed E-state index contributed by atoms with van der Waals surface area (Å²) in [5, 5.41) is 0. The first-order valence-electron chi connectivity index (χ1n) is 1.89. The smallest absolute Gasteiger partial charge is 0.0749 e. The predicted molar refractivity (Wildman–Crippen MR) is 41.3 cm³/mol. The van der Waals surface area contributed by atoms with Crippen LogP contribution < -0.4 is 0 Å². The first-order chi connectivity index (χ1) is 3.30. The molecule has 0 bridgehead atoms. The summed E-state index contributed by atoms with van der Waals surface area (Å²) in [6.07, 6.45) is 3.98.